The van der Waals surface area contributed by atoms with Crippen molar-refractivity contribution in [2.45, 2.75) is 6.42 Å². The van der Waals surface area contributed by atoms with Crippen LogP contribution in [-0.2, 0) is 4.79 Å². The lowest BCUT2D eigenvalue weighted by Gasteiger charge is -2.11. The second-order valence-electron chi connectivity index (χ2n) is 4.58. The van der Waals surface area contributed by atoms with Crippen LogP contribution in [0.15, 0.2) is 12.1 Å². The van der Waals surface area contributed by atoms with Crippen LogP contribution in [0.1, 0.15) is 6.42 Å². The minimum Gasteiger partial charge on any atom is -0.374 e. The van der Waals surface area contributed by atoms with Gasteiger partial charge in [-0.2, -0.15) is 0 Å². The topological polar surface area (TPSA) is 44.4 Å². The molecule has 0 radical (unpaired) electrons. The van der Waals surface area contributed by atoms with Crippen LogP contribution in [0, 0.1) is 17.5 Å². The van der Waals surface area contributed by atoms with E-state index >= 15 is 0 Å². The van der Waals surface area contributed by atoms with Crippen molar-refractivity contribution in [3.63, 3.8) is 0 Å². The molecular weight excluding hydrogens is 271 g/mol. The number of carbonyl (C=O) groups excluding carboxylic acids is 1. The Kier molecular flexibility index (Phi) is 6.30. The van der Waals surface area contributed by atoms with Gasteiger partial charge in [-0.05, 0) is 39.2 Å². The normalized spacial score (nSPS) is 10.7. The smallest absolute Gasteiger partial charge is 0.239 e. The van der Waals surface area contributed by atoms with Crippen LogP contribution in [0.3, 0.4) is 0 Å². The van der Waals surface area contributed by atoms with E-state index in [1.165, 1.54) is 0 Å². The van der Waals surface area contributed by atoms with Gasteiger partial charge in [0.1, 0.15) is 0 Å². The SMILES string of the molecule is CN(C)CCCNC(=O)CNc1ccc(F)c(F)c1F. The molecule has 0 spiro atoms. The van der Waals surface area contributed by atoms with E-state index in [-0.39, 0.29) is 18.1 Å². The summed E-state index contributed by atoms with van der Waals surface area (Å²) >= 11 is 0. The van der Waals surface area contributed by atoms with E-state index in [2.05, 4.69) is 10.6 Å². The highest BCUT2D eigenvalue weighted by atomic mass is 19.2. The van der Waals surface area contributed by atoms with Crippen molar-refractivity contribution in [2.24, 2.45) is 0 Å². The van der Waals surface area contributed by atoms with Gasteiger partial charge in [0, 0.05) is 6.54 Å². The van der Waals surface area contributed by atoms with Gasteiger partial charge >= 0.3 is 0 Å². The van der Waals surface area contributed by atoms with Crippen LogP contribution < -0.4 is 10.6 Å². The van der Waals surface area contributed by atoms with Crippen molar-refractivity contribution in [1.29, 1.82) is 0 Å². The van der Waals surface area contributed by atoms with Gasteiger partial charge in [-0.1, -0.05) is 0 Å². The third-order valence-electron chi connectivity index (χ3n) is 2.58. The molecule has 0 saturated carbocycles. The summed E-state index contributed by atoms with van der Waals surface area (Å²) < 4.78 is 38.9. The fourth-order valence-corrected chi connectivity index (χ4v) is 1.52. The number of nitrogens with one attached hydrogen (secondary N) is 2. The molecule has 1 amide bonds. The molecule has 0 heterocycles. The summed E-state index contributed by atoms with van der Waals surface area (Å²) in [6.45, 7) is 1.13. The third kappa shape index (κ3) is 5.08. The molecule has 20 heavy (non-hydrogen) atoms. The summed E-state index contributed by atoms with van der Waals surface area (Å²) in [5.74, 6) is -4.49. The lowest BCUT2D eigenvalue weighted by Crippen LogP contribution is -2.32. The molecule has 0 bridgehead atoms. The number of nitrogens with zero attached hydrogens (tertiary/aromatic N) is 1. The van der Waals surface area contributed by atoms with E-state index in [9.17, 15) is 18.0 Å². The second kappa shape index (κ2) is 7.74. The van der Waals surface area contributed by atoms with Crippen LogP contribution in [0.4, 0.5) is 18.9 Å². The highest BCUT2D eigenvalue weighted by molar-refractivity contribution is 5.80. The first-order valence-electron chi connectivity index (χ1n) is 6.20. The average Bonchev–Trinajstić information content (AvgIpc) is 2.40. The first kappa shape index (κ1) is 16.3. The maximum Gasteiger partial charge on any atom is 0.239 e. The summed E-state index contributed by atoms with van der Waals surface area (Å²) in [6.07, 6.45) is 0.790. The predicted octanol–water partition coefficient (Wildman–Crippen LogP) is 1.58. The van der Waals surface area contributed by atoms with Crippen LogP contribution in [0.2, 0.25) is 0 Å². The summed E-state index contributed by atoms with van der Waals surface area (Å²) in [5, 5.41) is 5.06. The molecule has 0 saturated heterocycles. The van der Waals surface area contributed by atoms with E-state index in [4.69, 9.17) is 0 Å². The van der Waals surface area contributed by atoms with Crippen LogP contribution in [0.5, 0.6) is 0 Å². The molecule has 0 atom stereocenters. The second-order valence-corrected chi connectivity index (χ2v) is 4.58. The molecule has 0 aliphatic carbocycles. The van der Waals surface area contributed by atoms with Crippen molar-refractivity contribution in [3.05, 3.63) is 29.6 Å². The minimum absolute atomic E-state index is 0.204. The number of halogens is 3. The molecule has 0 fully saturated rings. The lowest BCUT2D eigenvalue weighted by molar-refractivity contribution is -0.119. The fourth-order valence-electron chi connectivity index (χ4n) is 1.52. The van der Waals surface area contributed by atoms with E-state index in [0.717, 1.165) is 25.1 Å². The summed E-state index contributed by atoms with van der Waals surface area (Å²) in [7, 11) is 3.85. The molecule has 0 unspecified atom stereocenters. The van der Waals surface area contributed by atoms with Crippen LogP contribution in [-0.4, -0.2) is 44.5 Å². The summed E-state index contributed by atoms with van der Waals surface area (Å²) in [5.41, 5.74) is -0.243. The van der Waals surface area contributed by atoms with E-state index in [1.54, 1.807) is 0 Å². The van der Waals surface area contributed by atoms with Gasteiger partial charge in [-0.3, -0.25) is 4.79 Å². The zero-order chi connectivity index (χ0) is 15.1. The molecule has 0 aliphatic rings. The number of anilines is 1. The first-order chi connectivity index (χ1) is 9.41. The third-order valence-corrected chi connectivity index (χ3v) is 2.58. The van der Waals surface area contributed by atoms with Gasteiger partial charge in [-0.25, -0.2) is 13.2 Å². The quantitative estimate of drug-likeness (QED) is 0.592. The number of hydrogen-bond donors (Lipinski definition) is 2. The highest BCUT2D eigenvalue weighted by Gasteiger charge is 2.13. The Morgan fingerprint density at radius 3 is 2.55 bits per heavy atom. The first-order valence-corrected chi connectivity index (χ1v) is 6.20. The van der Waals surface area contributed by atoms with Gasteiger partial charge < -0.3 is 15.5 Å². The van der Waals surface area contributed by atoms with Crippen molar-refractivity contribution in [1.82, 2.24) is 10.2 Å². The van der Waals surface area contributed by atoms with Gasteiger partial charge in [0.25, 0.3) is 0 Å². The molecule has 0 aromatic heterocycles. The van der Waals surface area contributed by atoms with Gasteiger partial charge in [0.05, 0.1) is 12.2 Å². The fraction of sp³-hybridized carbons (Fsp3) is 0.462. The average molecular weight is 289 g/mol. The van der Waals surface area contributed by atoms with Gasteiger partial charge in [0.15, 0.2) is 17.5 Å². The molecule has 0 aliphatic heterocycles. The molecule has 112 valence electrons. The number of hydrogen-bond acceptors (Lipinski definition) is 3. The molecule has 1 aromatic rings. The van der Waals surface area contributed by atoms with Crippen LogP contribution >= 0.6 is 0 Å². The van der Waals surface area contributed by atoms with Gasteiger partial charge in [-0.15, -0.1) is 0 Å². The Labute approximate surface area is 116 Å². The zero-order valence-electron chi connectivity index (χ0n) is 11.5. The van der Waals surface area contributed by atoms with Crippen LogP contribution in [0.25, 0.3) is 0 Å². The number of carbonyl (C=O) groups is 1. The number of amides is 1. The summed E-state index contributed by atoms with van der Waals surface area (Å²) in [4.78, 5) is 13.4. The maximum atomic E-state index is 13.3. The van der Waals surface area contributed by atoms with Crippen molar-refractivity contribution in [3.8, 4) is 0 Å². The van der Waals surface area contributed by atoms with Crippen molar-refractivity contribution < 1.29 is 18.0 Å². The summed E-state index contributed by atoms with van der Waals surface area (Å²) in [6, 6.07) is 1.85. The van der Waals surface area contributed by atoms with Crippen molar-refractivity contribution in [2.75, 3.05) is 39.0 Å². The molecule has 2 N–H and O–H groups in total. The van der Waals surface area contributed by atoms with Crippen molar-refractivity contribution >= 4 is 11.6 Å². The number of benzene rings is 1. The standard InChI is InChI=1S/C13H18F3N3O/c1-19(2)7-3-6-17-11(20)8-18-10-5-4-9(14)12(15)13(10)16/h4-5,18H,3,6-8H2,1-2H3,(H,17,20). The molecule has 1 aromatic carbocycles. The Hall–Kier alpha value is -1.76. The largest absolute Gasteiger partial charge is 0.374 e. The Morgan fingerprint density at radius 1 is 1.20 bits per heavy atom. The zero-order valence-corrected chi connectivity index (χ0v) is 11.5. The Balaban J connectivity index is 2.36. The molecule has 7 heteroatoms. The molecule has 4 nitrogen and oxygen atoms in total. The highest BCUT2D eigenvalue weighted by Crippen LogP contribution is 2.19. The Morgan fingerprint density at radius 2 is 1.90 bits per heavy atom. The molecule has 1 rings (SSSR count). The van der Waals surface area contributed by atoms with E-state index in [0.29, 0.717) is 6.54 Å². The maximum absolute atomic E-state index is 13.3. The Bertz CT molecular complexity index is 466. The lowest BCUT2D eigenvalue weighted by atomic mass is 10.2. The predicted molar refractivity (Wildman–Crippen MR) is 71.0 cm³/mol. The van der Waals surface area contributed by atoms with E-state index in [1.807, 2.05) is 19.0 Å². The monoisotopic (exact) mass is 289 g/mol. The van der Waals surface area contributed by atoms with Gasteiger partial charge in [0.2, 0.25) is 5.91 Å². The van der Waals surface area contributed by atoms with E-state index < -0.39 is 17.5 Å². The minimum atomic E-state index is -1.55. The molecular formula is C13H18F3N3O. The number of rotatable bonds is 7.